The van der Waals surface area contributed by atoms with Crippen molar-refractivity contribution in [3.8, 4) is 6.07 Å². The average molecular weight is 279 g/mol. The second-order valence-electron chi connectivity index (χ2n) is 6.49. The summed E-state index contributed by atoms with van der Waals surface area (Å²) in [6.45, 7) is 3.99. The molecule has 0 aromatic carbocycles. The van der Waals surface area contributed by atoms with E-state index in [9.17, 15) is 0 Å². The number of rotatable bonds is 6. The largest absolute Gasteiger partial charge is 0.352 e. The molecule has 20 heavy (non-hydrogen) atoms. The normalized spacial score (nSPS) is 34.6. The SMILES string of the molecule is CCCCCCC1COC(C2CCC(C#N)CC2)OC1. The number of unbranched alkanes of at least 4 members (excludes halogenated alkanes) is 3. The highest BCUT2D eigenvalue weighted by Gasteiger charge is 2.32. The lowest BCUT2D eigenvalue weighted by Gasteiger charge is -2.36. The molecule has 0 spiro atoms. The summed E-state index contributed by atoms with van der Waals surface area (Å²) in [7, 11) is 0. The van der Waals surface area contributed by atoms with E-state index in [2.05, 4.69) is 13.0 Å². The van der Waals surface area contributed by atoms with Gasteiger partial charge in [-0.3, -0.25) is 0 Å². The minimum atomic E-state index is 0.00142. The zero-order chi connectivity index (χ0) is 14.2. The summed E-state index contributed by atoms with van der Waals surface area (Å²) < 4.78 is 11.9. The van der Waals surface area contributed by atoms with Crippen molar-refractivity contribution < 1.29 is 9.47 Å². The van der Waals surface area contributed by atoms with Crippen molar-refractivity contribution in [1.29, 1.82) is 5.26 Å². The zero-order valence-corrected chi connectivity index (χ0v) is 12.9. The predicted octanol–water partition coefficient (Wildman–Crippen LogP) is 4.28. The van der Waals surface area contributed by atoms with Crippen LogP contribution in [0.1, 0.15) is 64.7 Å². The van der Waals surface area contributed by atoms with Crippen LogP contribution < -0.4 is 0 Å². The van der Waals surface area contributed by atoms with Gasteiger partial charge in [0.1, 0.15) is 0 Å². The van der Waals surface area contributed by atoms with E-state index in [-0.39, 0.29) is 12.2 Å². The molecular weight excluding hydrogens is 250 g/mol. The second kappa shape index (κ2) is 8.64. The summed E-state index contributed by atoms with van der Waals surface area (Å²) in [6, 6.07) is 2.39. The first-order valence-corrected chi connectivity index (χ1v) is 8.46. The number of ether oxygens (including phenoxy) is 2. The quantitative estimate of drug-likeness (QED) is 0.682. The molecule has 1 aliphatic heterocycles. The Labute approximate surface area is 123 Å². The predicted molar refractivity (Wildman–Crippen MR) is 79.0 cm³/mol. The number of hydrogen-bond donors (Lipinski definition) is 0. The Morgan fingerprint density at radius 2 is 1.70 bits per heavy atom. The van der Waals surface area contributed by atoms with Crippen molar-refractivity contribution in [1.82, 2.24) is 0 Å². The van der Waals surface area contributed by atoms with Gasteiger partial charge in [-0.15, -0.1) is 0 Å². The fraction of sp³-hybridized carbons (Fsp3) is 0.941. The van der Waals surface area contributed by atoms with Crippen LogP contribution in [-0.2, 0) is 9.47 Å². The van der Waals surface area contributed by atoms with Gasteiger partial charge in [-0.2, -0.15) is 5.26 Å². The lowest BCUT2D eigenvalue weighted by atomic mass is 9.82. The number of nitriles is 1. The Balaban J connectivity index is 1.61. The topological polar surface area (TPSA) is 42.2 Å². The van der Waals surface area contributed by atoms with E-state index in [1.165, 1.54) is 32.1 Å². The summed E-state index contributed by atoms with van der Waals surface area (Å²) in [5.74, 6) is 1.38. The van der Waals surface area contributed by atoms with E-state index in [1.807, 2.05) is 0 Å². The summed E-state index contributed by atoms with van der Waals surface area (Å²) in [5, 5.41) is 8.93. The lowest BCUT2D eigenvalue weighted by molar-refractivity contribution is -0.229. The zero-order valence-electron chi connectivity index (χ0n) is 12.9. The van der Waals surface area contributed by atoms with Gasteiger partial charge in [-0.05, 0) is 32.1 Å². The molecule has 0 radical (unpaired) electrons. The highest BCUT2D eigenvalue weighted by molar-refractivity contribution is 4.88. The lowest BCUT2D eigenvalue weighted by Crippen LogP contribution is -2.38. The first-order chi connectivity index (χ1) is 9.83. The van der Waals surface area contributed by atoms with Gasteiger partial charge in [-0.1, -0.05) is 32.6 Å². The van der Waals surface area contributed by atoms with Crippen LogP contribution in [0.3, 0.4) is 0 Å². The van der Waals surface area contributed by atoms with E-state index >= 15 is 0 Å². The monoisotopic (exact) mass is 279 g/mol. The molecule has 3 heteroatoms. The molecule has 0 N–H and O–H groups in total. The molecule has 0 unspecified atom stereocenters. The Bertz CT molecular complexity index is 297. The molecule has 0 aromatic rings. The van der Waals surface area contributed by atoms with Crippen LogP contribution in [-0.4, -0.2) is 19.5 Å². The molecule has 2 rings (SSSR count). The van der Waals surface area contributed by atoms with Crippen LogP contribution in [0.15, 0.2) is 0 Å². The molecule has 0 aromatic heterocycles. The Kier molecular flexibility index (Phi) is 6.82. The van der Waals surface area contributed by atoms with Gasteiger partial charge in [0.2, 0.25) is 0 Å². The van der Waals surface area contributed by atoms with Crippen molar-refractivity contribution in [2.24, 2.45) is 17.8 Å². The maximum Gasteiger partial charge on any atom is 0.160 e. The van der Waals surface area contributed by atoms with E-state index in [4.69, 9.17) is 14.7 Å². The fourth-order valence-corrected chi connectivity index (χ4v) is 3.38. The third-order valence-corrected chi connectivity index (χ3v) is 4.80. The molecule has 114 valence electrons. The molecule has 0 atom stereocenters. The van der Waals surface area contributed by atoms with Crippen LogP contribution >= 0.6 is 0 Å². The van der Waals surface area contributed by atoms with Crippen molar-refractivity contribution >= 4 is 0 Å². The van der Waals surface area contributed by atoms with Gasteiger partial charge in [0, 0.05) is 17.8 Å². The molecule has 1 saturated heterocycles. The molecular formula is C17H29NO2. The van der Waals surface area contributed by atoms with Gasteiger partial charge in [-0.25, -0.2) is 0 Å². The molecule has 0 amide bonds. The van der Waals surface area contributed by atoms with Crippen LogP contribution in [0.4, 0.5) is 0 Å². The minimum Gasteiger partial charge on any atom is -0.352 e. The summed E-state index contributed by atoms with van der Waals surface area (Å²) >= 11 is 0. The van der Waals surface area contributed by atoms with Crippen LogP contribution in [0.25, 0.3) is 0 Å². The highest BCUT2D eigenvalue weighted by Crippen LogP contribution is 2.34. The molecule has 1 aliphatic carbocycles. The van der Waals surface area contributed by atoms with Crippen LogP contribution in [0.5, 0.6) is 0 Å². The molecule has 1 heterocycles. The van der Waals surface area contributed by atoms with E-state index in [0.717, 1.165) is 38.9 Å². The van der Waals surface area contributed by atoms with Crippen molar-refractivity contribution in [3.63, 3.8) is 0 Å². The van der Waals surface area contributed by atoms with Crippen molar-refractivity contribution in [2.45, 2.75) is 71.0 Å². The Morgan fingerprint density at radius 3 is 2.30 bits per heavy atom. The standard InChI is InChI=1S/C17H29NO2/c1-2-3-4-5-6-15-12-19-17(20-13-15)16-9-7-14(11-18)8-10-16/h14-17H,2-10,12-13H2,1H3. The van der Waals surface area contributed by atoms with Gasteiger partial charge in [0.05, 0.1) is 19.3 Å². The van der Waals surface area contributed by atoms with Crippen molar-refractivity contribution in [3.05, 3.63) is 0 Å². The Hall–Kier alpha value is -0.590. The molecule has 2 fully saturated rings. The maximum atomic E-state index is 8.93. The highest BCUT2D eigenvalue weighted by atomic mass is 16.7. The van der Waals surface area contributed by atoms with E-state index < -0.39 is 0 Å². The van der Waals surface area contributed by atoms with E-state index in [0.29, 0.717) is 11.8 Å². The third kappa shape index (κ3) is 4.75. The fourth-order valence-electron chi connectivity index (χ4n) is 3.38. The van der Waals surface area contributed by atoms with E-state index in [1.54, 1.807) is 0 Å². The molecule has 1 saturated carbocycles. The average Bonchev–Trinajstić information content (AvgIpc) is 2.52. The van der Waals surface area contributed by atoms with Gasteiger partial charge in [0.15, 0.2) is 6.29 Å². The first kappa shape index (κ1) is 15.8. The molecule has 3 nitrogen and oxygen atoms in total. The van der Waals surface area contributed by atoms with Crippen molar-refractivity contribution in [2.75, 3.05) is 13.2 Å². The maximum absolute atomic E-state index is 8.93. The summed E-state index contributed by atoms with van der Waals surface area (Å²) in [4.78, 5) is 0. The molecule has 2 aliphatic rings. The van der Waals surface area contributed by atoms with Gasteiger partial charge >= 0.3 is 0 Å². The third-order valence-electron chi connectivity index (χ3n) is 4.80. The summed E-state index contributed by atoms with van der Waals surface area (Å²) in [6.07, 6.45) is 10.8. The molecule has 0 bridgehead atoms. The van der Waals surface area contributed by atoms with Crippen LogP contribution in [0.2, 0.25) is 0 Å². The first-order valence-electron chi connectivity index (χ1n) is 8.46. The van der Waals surface area contributed by atoms with Crippen LogP contribution in [0, 0.1) is 29.1 Å². The smallest absolute Gasteiger partial charge is 0.160 e. The van der Waals surface area contributed by atoms with Gasteiger partial charge < -0.3 is 9.47 Å². The minimum absolute atomic E-state index is 0.00142. The second-order valence-corrected chi connectivity index (χ2v) is 6.49. The summed E-state index contributed by atoms with van der Waals surface area (Å²) in [5.41, 5.74) is 0. The Morgan fingerprint density at radius 1 is 1.00 bits per heavy atom. The number of hydrogen-bond acceptors (Lipinski definition) is 3. The number of nitrogens with zero attached hydrogens (tertiary/aromatic N) is 1. The van der Waals surface area contributed by atoms with Gasteiger partial charge in [0.25, 0.3) is 0 Å².